The van der Waals surface area contributed by atoms with Gasteiger partial charge >= 0.3 is 0 Å². The Bertz CT molecular complexity index is 734. The van der Waals surface area contributed by atoms with Crippen molar-refractivity contribution in [3.63, 3.8) is 0 Å². The molecule has 0 aliphatic carbocycles. The smallest absolute Gasteiger partial charge is 0.193 e. The molecular weight excluding hydrogens is 509 g/mol. The first-order chi connectivity index (χ1) is 16.4. The van der Waals surface area contributed by atoms with Crippen molar-refractivity contribution in [1.29, 1.82) is 0 Å². The Morgan fingerprint density at radius 2 is 1.16 bits per heavy atom. The maximum absolute atomic E-state index is 6.89. The van der Waals surface area contributed by atoms with Crippen LogP contribution in [0.4, 0.5) is 0 Å². The Labute approximate surface area is 235 Å². The number of rotatable bonds is 15. The summed E-state index contributed by atoms with van der Waals surface area (Å²) >= 11 is 0. The second-order valence-electron chi connectivity index (χ2n) is 15.1. The molecule has 0 aliphatic heterocycles. The first-order valence-corrected chi connectivity index (χ1v) is 22.8. The van der Waals surface area contributed by atoms with E-state index < -0.39 is 25.0 Å². The molecule has 0 amide bonds. The topological polar surface area (TPSA) is 36.9 Å². The fourth-order valence-corrected chi connectivity index (χ4v) is 6.72. The summed E-state index contributed by atoms with van der Waals surface area (Å²) in [6.45, 7) is 39.5. The standard InChI is InChI=1S/C30H62O4Si3/c1-18-22-26(34-37(16,17)30(9,10)11)27(25(19-2)33-36(14,15)29(6,7)8)31-23-20-21-24-32-35(12,13)28(3,4)5/h1,19,25-27H,2,20-24H2,3-17H3/t25-,26-,27-/m1/s1. The van der Waals surface area contributed by atoms with Gasteiger partial charge in [0.05, 0.1) is 12.2 Å². The fourth-order valence-electron chi connectivity index (χ4n) is 3.04. The monoisotopic (exact) mass is 570 g/mol. The van der Waals surface area contributed by atoms with Crippen LogP contribution >= 0.6 is 0 Å². The molecule has 3 atom stereocenters. The van der Waals surface area contributed by atoms with Crippen molar-refractivity contribution < 1.29 is 18.0 Å². The second kappa shape index (κ2) is 13.9. The summed E-state index contributed by atoms with van der Waals surface area (Å²) in [7, 11) is -5.90. The van der Waals surface area contributed by atoms with E-state index in [0.29, 0.717) is 13.0 Å². The Balaban J connectivity index is 5.75. The SMILES string of the molecule is C#CC[C@@H](O[Si](C)(C)C(C)(C)C)[C@H](OCCCCO[Si](C)(C)C(C)(C)C)[C@@H](C=C)O[Si](C)(C)C(C)(C)C. The van der Waals surface area contributed by atoms with Crippen molar-refractivity contribution in [1.82, 2.24) is 0 Å². The average molecular weight is 571 g/mol. The van der Waals surface area contributed by atoms with Crippen molar-refractivity contribution in [2.45, 2.75) is 154 Å². The fraction of sp³-hybridized carbons (Fsp3) is 0.867. The van der Waals surface area contributed by atoms with E-state index in [1.54, 1.807) is 0 Å². The van der Waals surface area contributed by atoms with Crippen molar-refractivity contribution >= 4 is 25.0 Å². The van der Waals surface area contributed by atoms with Crippen molar-refractivity contribution in [3.05, 3.63) is 12.7 Å². The molecular formula is C30H62O4Si3. The maximum Gasteiger partial charge on any atom is 0.193 e. The van der Waals surface area contributed by atoms with Gasteiger partial charge in [-0.25, -0.2) is 0 Å². The van der Waals surface area contributed by atoms with Gasteiger partial charge in [-0.1, -0.05) is 68.4 Å². The minimum atomic E-state index is -2.09. The van der Waals surface area contributed by atoms with Crippen molar-refractivity contribution in [3.8, 4) is 12.3 Å². The highest BCUT2D eigenvalue weighted by Gasteiger charge is 2.45. The third-order valence-corrected chi connectivity index (χ3v) is 22.4. The molecule has 0 saturated carbocycles. The van der Waals surface area contributed by atoms with Crippen molar-refractivity contribution in [2.75, 3.05) is 13.2 Å². The molecule has 0 fully saturated rings. The van der Waals surface area contributed by atoms with Crippen LogP contribution < -0.4 is 0 Å². The van der Waals surface area contributed by atoms with E-state index in [0.717, 1.165) is 19.4 Å². The van der Waals surface area contributed by atoms with Gasteiger partial charge < -0.3 is 18.0 Å². The van der Waals surface area contributed by atoms with E-state index in [-0.39, 0.29) is 33.4 Å². The summed E-state index contributed by atoms with van der Waals surface area (Å²) in [5, 5.41) is 0.355. The molecule has 0 unspecified atom stereocenters. The van der Waals surface area contributed by atoms with Crippen LogP contribution in [0, 0.1) is 12.3 Å². The van der Waals surface area contributed by atoms with E-state index in [1.807, 2.05) is 6.08 Å². The summed E-state index contributed by atoms with van der Waals surface area (Å²) in [6, 6.07) is 0. The highest BCUT2D eigenvalue weighted by molar-refractivity contribution is 6.75. The van der Waals surface area contributed by atoms with Crippen LogP contribution in [0.1, 0.15) is 81.6 Å². The minimum Gasteiger partial charge on any atom is -0.417 e. The predicted octanol–water partition coefficient (Wildman–Crippen LogP) is 9.16. The third-order valence-electron chi connectivity index (χ3n) is 8.85. The molecule has 0 spiro atoms. The maximum atomic E-state index is 6.89. The van der Waals surface area contributed by atoms with Gasteiger partial charge in [-0.15, -0.1) is 18.9 Å². The van der Waals surface area contributed by atoms with Gasteiger partial charge in [0, 0.05) is 19.6 Å². The lowest BCUT2D eigenvalue weighted by Crippen LogP contribution is -2.53. The summed E-state index contributed by atoms with van der Waals surface area (Å²) in [5.41, 5.74) is 0. The Morgan fingerprint density at radius 1 is 0.730 bits per heavy atom. The number of hydrogen-bond donors (Lipinski definition) is 0. The number of unbranched alkanes of at least 4 members (excludes halogenated alkanes) is 1. The lowest BCUT2D eigenvalue weighted by atomic mass is 10.1. The number of ether oxygens (including phenoxy) is 1. The zero-order valence-corrected chi connectivity index (χ0v) is 30.3. The Morgan fingerprint density at radius 3 is 1.57 bits per heavy atom. The quantitative estimate of drug-likeness (QED) is 0.0851. The highest BCUT2D eigenvalue weighted by atomic mass is 28.4. The second-order valence-corrected chi connectivity index (χ2v) is 29.4. The molecule has 0 aliphatic rings. The van der Waals surface area contributed by atoms with Crippen LogP contribution in [-0.2, 0) is 18.0 Å². The summed E-state index contributed by atoms with van der Waals surface area (Å²) in [4.78, 5) is 0. The Kier molecular flexibility index (Phi) is 13.8. The lowest BCUT2D eigenvalue weighted by Gasteiger charge is -2.44. The molecule has 0 aromatic carbocycles. The third kappa shape index (κ3) is 11.4. The summed E-state index contributed by atoms with van der Waals surface area (Å²) < 4.78 is 26.7. The van der Waals surface area contributed by atoms with Gasteiger partial charge in [-0.2, -0.15) is 0 Å². The number of terminal acetylenes is 1. The van der Waals surface area contributed by atoms with E-state index in [4.69, 9.17) is 24.4 Å². The molecule has 0 radical (unpaired) electrons. The van der Waals surface area contributed by atoms with E-state index in [2.05, 4.69) is 114 Å². The van der Waals surface area contributed by atoms with Gasteiger partial charge in [0.2, 0.25) is 0 Å². The van der Waals surface area contributed by atoms with E-state index in [1.165, 1.54) is 0 Å². The molecule has 0 saturated heterocycles. The van der Waals surface area contributed by atoms with Crippen LogP contribution in [0.5, 0.6) is 0 Å². The van der Waals surface area contributed by atoms with Gasteiger partial charge in [0.25, 0.3) is 0 Å². The first-order valence-electron chi connectivity index (χ1n) is 14.1. The van der Waals surface area contributed by atoms with Crippen LogP contribution in [0.15, 0.2) is 12.7 Å². The molecule has 4 nitrogen and oxygen atoms in total. The first kappa shape index (κ1) is 36.8. The van der Waals surface area contributed by atoms with Crippen LogP contribution in [-0.4, -0.2) is 56.5 Å². The Hall–Kier alpha value is -0.209. The zero-order chi connectivity index (χ0) is 29.5. The van der Waals surface area contributed by atoms with Gasteiger partial charge in [0.1, 0.15) is 6.10 Å². The molecule has 7 heteroatoms. The molecule has 0 aromatic heterocycles. The molecule has 0 N–H and O–H groups in total. The summed E-state index contributed by atoms with van der Waals surface area (Å²) in [6.07, 6.45) is 9.28. The lowest BCUT2D eigenvalue weighted by molar-refractivity contribution is -0.0759. The van der Waals surface area contributed by atoms with Gasteiger partial charge in [0.15, 0.2) is 25.0 Å². The molecule has 37 heavy (non-hydrogen) atoms. The molecule has 0 rings (SSSR count). The van der Waals surface area contributed by atoms with Gasteiger partial charge in [-0.3, -0.25) is 0 Å². The number of hydrogen-bond acceptors (Lipinski definition) is 4. The highest BCUT2D eigenvalue weighted by Crippen LogP contribution is 2.41. The predicted molar refractivity (Wildman–Crippen MR) is 170 cm³/mol. The van der Waals surface area contributed by atoms with E-state index >= 15 is 0 Å². The molecule has 0 heterocycles. The normalized spacial score (nSPS) is 16.7. The summed E-state index contributed by atoms with van der Waals surface area (Å²) in [5.74, 6) is 2.86. The van der Waals surface area contributed by atoms with Crippen LogP contribution in [0.3, 0.4) is 0 Å². The zero-order valence-electron chi connectivity index (χ0n) is 27.3. The van der Waals surface area contributed by atoms with E-state index in [9.17, 15) is 0 Å². The molecule has 218 valence electrons. The van der Waals surface area contributed by atoms with Crippen LogP contribution in [0.2, 0.25) is 54.4 Å². The van der Waals surface area contributed by atoms with Crippen molar-refractivity contribution in [2.24, 2.45) is 0 Å². The van der Waals surface area contributed by atoms with Gasteiger partial charge in [-0.05, 0) is 67.2 Å². The van der Waals surface area contributed by atoms with Crippen LogP contribution in [0.25, 0.3) is 0 Å². The molecule has 0 bridgehead atoms. The average Bonchev–Trinajstić information content (AvgIpc) is 2.68. The largest absolute Gasteiger partial charge is 0.417 e. The molecule has 0 aromatic rings. The minimum absolute atomic E-state index is 0.0649.